The minimum atomic E-state index is 0.505. The minimum absolute atomic E-state index is 0.505. The average Bonchev–Trinajstić information content (AvgIpc) is 2.56. The van der Waals surface area contributed by atoms with Crippen LogP contribution in [0.2, 0.25) is 0 Å². The van der Waals surface area contributed by atoms with Gasteiger partial charge < -0.3 is 10.3 Å². The number of nitrogens with zero attached hydrogens (tertiary/aromatic N) is 1. The molecule has 2 aromatic rings. The van der Waals surface area contributed by atoms with Gasteiger partial charge in [0.2, 0.25) is 0 Å². The minimum Gasteiger partial charge on any atom is -0.345 e. The number of aryl methyl sites for hydroxylation is 1. The van der Waals surface area contributed by atoms with Crippen molar-refractivity contribution in [1.29, 1.82) is 0 Å². The molecule has 2 rings (SSSR count). The van der Waals surface area contributed by atoms with Crippen molar-refractivity contribution in [2.75, 3.05) is 0 Å². The predicted octanol–water partition coefficient (Wildman–Crippen LogP) is 2.99. The number of benzene rings is 1. The van der Waals surface area contributed by atoms with Gasteiger partial charge in [0, 0.05) is 29.7 Å². The van der Waals surface area contributed by atoms with E-state index in [1.807, 2.05) is 0 Å². The van der Waals surface area contributed by atoms with E-state index >= 15 is 0 Å². The third kappa shape index (κ3) is 1.65. The fourth-order valence-corrected chi connectivity index (χ4v) is 2.03. The van der Waals surface area contributed by atoms with Crippen LogP contribution in [0.25, 0.3) is 10.9 Å². The first kappa shape index (κ1) is 10.2. The van der Waals surface area contributed by atoms with Crippen molar-refractivity contribution in [3.63, 3.8) is 0 Å². The lowest BCUT2D eigenvalue weighted by atomic mass is 10.1. The summed E-state index contributed by atoms with van der Waals surface area (Å²) >= 11 is 0. The summed E-state index contributed by atoms with van der Waals surface area (Å²) in [6.07, 6.45) is 2.22. The van der Waals surface area contributed by atoms with Crippen molar-refractivity contribution < 1.29 is 0 Å². The Balaban J connectivity index is 2.69. The average molecular weight is 202 g/mol. The molecule has 2 heteroatoms. The van der Waals surface area contributed by atoms with Crippen molar-refractivity contribution in [3.8, 4) is 0 Å². The predicted molar refractivity (Wildman–Crippen MR) is 65.0 cm³/mol. The van der Waals surface area contributed by atoms with E-state index in [0.717, 1.165) is 0 Å². The molecule has 0 aliphatic rings. The quantitative estimate of drug-likeness (QED) is 0.797. The Bertz CT molecular complexity index is 480. The summed E-state index contributed by atoms with van der Waals surface area (Å²) in [4.78, 5) is 0. The van der Waals surface area contributed by atoms with Gasteiger partial charge in [-0.15, -0.1) is 0 Å². The van der Waals surface area contributed by atoms with Gasteiger partial charge in [-0.2, -0.15) is 0 Å². The Morgan fingerprint density at radius 2 is 2.07 bits per heavy atom. The molecule has 15 heavy (non-hydrogen) atoms. The first-order valence-electron chi connectivity index (χ1n) is 5.43. The van der Waals surface area contributed by atoms with Crippen molar-refractivity contribution in [1.82, 2.24) is 4.57 Å². The van der Waals surface area contributed by atoms with E-state index in [0.29, 0.717) is 12.6 Å². The van der Waals surface area contributed by atoms with Gasteiger partial charge in [0.1, 0.15) is 0 Å². The van der Waals surface area contributed by atoms with Crippen LogP contribution in [0.1, 0.15) is 31.0 Å². The second-order valence-electron chi connectivity index (χ2n) is 4.37. The highest BCUT2D eigenvalue weighted by Crippen LogP contribution is 2.25. The van der Waals surface area contributed by atoms with Gasteiger partial charge in [0.05, 0.1) is 0 Å². The van der Waals surface area contributed by atoms with Crippen LogP contribution in [-0.4, -0.2) is 4.57 Å². The van der Waals surface area contributed by atoms with Crippen molar-refractivity contribution in [2.24, 2.45) is 5.73 Å². The van der Waals surface area contributed by atoms with E-state index in [9.17, 15) is 0 Å². The summed E-state index contributed by atoms with van der Waals surface area (Å²) in [5, 5.41) is 1.33. The Morgan fingerprint density at radius 3 is 2.67 bits per heavy atom. The van der Waals surface area contributed by atoms with Crippen LogP contribution in [0.4, 0.5) is 0 Å². The van der Waals surface area contributed by atoms with Gasteiger partial charge in [-0.3, -0.25) is 0 Å². The second kappa shape index (κ2) is 3.70. The maximum Gasteiger partial charge on any atom is 0.0485 e. The molecule has 0 saturated heterocycles. The molecule has 0 spiro atoms. The fourth-order valence-electron chi connectivity index (χ4n) is 2.03. The number of fused-ring (bicyclic) bond motifs is 1. The molecular weight excluding hydrogens is 184 g/mol. The molecule has 0 fully saturated rings. The van der Waals surface area contributed by atoms with E-state index in [1.54, 1.807) is 0 Å². The number of nitrogens with two attached hydrogens (primary N) is 1. The number of hydrogen-bond acceptors (Lipinski definition) is 1. The van der Waals surface area contributed by atoms with E-state index < -0.39 is 0 Å². The highest BCUT2D eigenvalue weighted by molar-refractivity contribution is 5.84. The summed E-state index contributed by atoms with van der Waals surface area (Å²) in [5.74, 6) is 0. The van der Waals surface area contributed by atoms with Gasteiger partial charge in [-0.05, 0) is 44.0 Å². The molecule has 2 nitrogen and oxygen atoms in total. The summed E-state index contributed by atoms with van der Waals surface area (Å²) in [7, 11) is 0. The van der Waals surface area contributed by atoms with E-state index in [2.05, 4.69) is 49.7 Å². The highest BCUT2D eigenvalue weighted by atomic mass is 15.0. The number of rotatable bonds is 2. The lowest BCUT2D eigenvalue weighted by Crippen LogP contribution is -1.99. The molecule has 1 aromatic carbocycles. The molecule has 0 aliphatic heterocycles. The Kier molecular flexibility index (Phi) is 2.53. The van der Waals surface area contributed by atoms with Crippen molar-refractivity contribution >= 4 is 10.9 Å². The van der Waals surface area contributed by atoms with Gasteiger partial charge in [-0.1, -0.05) is 6.07 Å². The van der Waals surface area contributed by atoms with Gasteiger partial charge in [0.25, 0.3) is 0 Å². The van der Waals surface area contributed by atoms with Crippen LogP contribution in [0.15, 0.2) is 24.4 Å². The number of hydrogen-bond donors (Lipinski definition) is 1. The molecule has 1 aromatic heterocycles. The Hall–Kier alpha value is -1.28. The van der Waals surface area contributed by atoms with E-state index in [-0.39, 0.29) is 0 Å². The van der Waals surface area contributed by atoms with E-state index in [4.69, 9.17) is 5.73 Å². The molecule has 0 amide bonds. The van der Waals surface area contributed by atoms with Gasteiger partial charge in [-0.25, -0.2) is 0 Å². The zero-order valence-corrected chi connectivity index (χ0v) is 9.62. The molecule has 80 valence electrons. The molecule has 0 atom stereocenters. The lowest BCUT2D eigenvalue weighted by Gasteiger charge is -2.09. The van der Waals surface area contributed by atoms with Gasteiger partial charge >= 0.3 is 0 Å². The van der Waals surface area contributed by atoms with E-state index in [1.165, 1.54) is 22.0 Å². The summed E-state index contributed by atoms with van der Waals surface area (Å²) < 4.78 is 2.31. The lowest BCUT2D eigenvalue weighted by molar-refractivity contribution is 0.622. The molecule has 0 unspecified atom stereocenters. The molecule has 2 N–H and O–H groups in total. The third-order valence-corrected chi connectivity index (χ3v) is 2.89. The van der Waals surface area contributed by atoms with Crippen LogP contribution in [-0.2, 0) is 6.54 Å². The smallest absolute Gasteiger partial charge is 0.0485 e. The van der Waals surface area contributed by atoms with Crippen LogP contribution in [0, 0.1) is 6.92 Å². The van der Waals surface area contributed by atoms with Crippen LogP contribution in [0.5, 0.6) is 0 Å². The number of aromatic nitrogens is 1. The molecule has 0 bridgehead atoms. The molecular formula is C13H18N2. The monoisotopic (exact) mass is 202 g/mol. The van der Waals surface area contributed by atoms with Crippen molar-refractivity contribution in [2.45, 2.75) is 33.4 Å². The summed E-state index contributed by atoms with van der Waals surface area (Å²) in [6, 6.07) is 6.99. The molecule has 0 aliphatic carbocycles. The van der Waals surface area contributed by atoms with Crippen LogP contribution >= 0.6 is 0 Å². The standard InChI is InChI=1S/C13H18N2/c1-9(2)15-8-10(3)12-6-11(7-14)4-5-13(12)15/h4-6,8-9H,7,14H2,1-3H3. The maximum absolute atomic E-state index is 5.65. The first-order valence-corrected chi connectivity index (χ1v) is 5.43. The molecule has 1 heterocycles. The topological polar surface area (TPSA) is 30.9 Å². The van der Waals surface area contributed by atoms with Crippen LogP contribution < -0.4 is 5.73 Å². The SMILES string of the molecule is Cc1cn(C(C)C)c2ccc(CN)cc12. The maximum atomic E-state index is 5.65. The zero-order chi connectivity index (χ0) is 11.0. The largest absolute Gasteiger partial charge is 0.345 e. The Labute approximate surface area is 90.7 Å². The van der Waals surface area contributed by atoms with Crippen LogP contribution in [0.3, 0.4) is 0 Å². The molecule has 0 radical (unpaired) electrons. The first-order chi connectivity index (χ1) is 7.13. The fraction of sp³-hybridized carbons (Fsp3) is 0.385. The third-order valence-electron chi connectivity index (χ3n) is 2.89. The highest BCUT2D eigenvalue weighted by Gasteiger charge is 2.07. The summed E-state index contributed by atoms with van der Waals surface area (Å²) in [6.45, 7) is 7.18. The molecule has 0 saturated carbocycles. The zero-order valence-electron chi connectivity index (χ0n) is 9.62. The second-order valence-corrected chi connectivity index (χ2v) is 4.37. The summed E-state index contributed by atoms with van der Waals surface area (Å²) in [5.41, 5.74) is 9.48. The van der Waals surface area contributed by atoms with Gasteiger partial charge in [0.15, 0.2) is 0 Å². The Morgan fingerprint density at radius 1 is 1.33 bits per heavy atom. The van der Waals surface area contributed by atoms with Crippen molar-refractivity contribution in [3.05, 3.63) is 35.5 Å². The normalized spacial score (nSPS) is 11.5.